The quantitative estimate of drug-likeness (QED) is 0.745. The fraction of sp³-hybridized carbons (Fsp3) is 0.0556. The lowest BCUT2D eigenvalue weighted by molar-refractivity contribution is 0.0698. The topological polar surface area (TPSA) is 93.5 Å². The predicted molar refractivity (Wildman–Crippen MR) is 90.8 cm³/mol. The van der Waals surface area contributed by atoms with Crippen LogP contribution in [0.2, 0.25) is 0 Å². The number of amides is 1. The Labute approximate surface area is 143 Å². The van der Waals surface area contributed by atoms with Crippen LogP contribution < -0.4 is 5.32 Å². The number of para-hydroxylation sites is 1. The van der Waals surface area contributed by atoms with Crippen molar-refractivity contribution in [3.8, 4) is 5.69 Å². The third kappa shape index (κ3) is 4.03. The number of carboxylic acids is 1. The smallest absolute Gasteiger partial charge is 0.413 e. The number of carboxylic acid groups (broad SMARTS) is 1. The van der Waals surface area contributed by atoms with Crippen LogP contribution in [-0.2, 0) is 11.3 Å². The van der Waals surface area contributed by atoms with E-state index in [1.807, 2.05) is 36.4 Å². The number of benzene rings is 2. The predicted octanol–water partition coefficient (Wildman–Crippen LogP) is 3.32. The number of nitrogens with one attached hydrogen (secondary N) is 1. The lowest BCUT2D eigenvalue weighted by atomic mass is 10.2. The summed E-state index contributed by atoms with van der Waals surface area (Å²) in [5, 5.41) is 15.8. The first-order valence-electron chi connectivity index (χ1n) is 7.49. The van der Waals surface area contributed by atoms with E-state index in [-0.39, 0.29) is 18.0 Å². The second-order valence-corrected chi connectivity index (χ2v) is 5.16. The average molecular weight is 337 g/mol. The van der Waals surface area contributed by atoms with Gasteiger partial charge in [-0.05, 0) is 17.7 Å². The van der Waals surface area contributed by atoms with Crippen LogP contribution in [0.3, 0.4) is 0 Å². The standard InChI is InChI=1S/C18H15N3O4/c22-17(23)15-11-21(14-9-5-2-6-10-14)20-16(15)19-18(24)25-12-13-7-3-1-4-8-13/h1-11H,12H2,(H,22,23)(H,19,20,24). The van der Waals surface area contributed by atoms with Crippen LogP contribution in [0.15, 0.2) is 66.9 Å². The van der Waals surface area contributed by atoms with E-state index >= 15 is 0 Å². The summed E-state index contributed by atoms with van der Waals surface area (Å²) in [5.74, 6) is -1.27. The summed E-state index contributed by atoms with van der Waals surface area (Å²) in [6.45, 7) is 0.0778. The molecule has 0 aliphatic rings. The Bertz CT molecular complexity index is 876. The molecule has 1 amide bonds. The van der Waals surface area contributed by atoms with Crippen LogP contribution >= 0.6 is 0 Å². The number of rotatable bonds is 5. The van der Waals surface area contributed by atoms with Gasteiger partial charge in [0, 0.05) is 6.20 Å². The van der Waals surface area contributed by atoms with Gasteiger partial charge < -0.3 is 9.84 Å². The Balaban J connectivity index is 1.73. The molecule has 0 fully saturated rings. The van der Waals surface area contributed by atoms with Crippen molar-refractivity contribution in [3.63, 3.8) is 0 Å². The maximum Gasteiger partial charge on any atom is 0.413 e. The van der Waals surface area contributed by atoms with Crippen LogP contribution in [-0.4, -0.2) is 26.9 Å². The summed E-state index contributed by atoms with van der Waals surface area (Å²) in [6.07, 6.45) is 0.564. The fourth-order valence-electron chi connectivity index (χ4n) is 2.19. The molecule has 2 N–H and O–H groups in total. The molecule has 0 bridgehead atoms. The number of aromatic carboxylic acids is 1. The molecule has 7 heteroatoms. The molecule has 3 rings (SSSR count). The van der Waals surface area contributed by atoms with Crippen LogP contribution in [0, 0.1) is 0 Å². The minimum absolute atomic E-state index is 0.0746. The Morgan fingerprint density at radius 3 is 2.32 bits per heavy atom. The van der Waals surface area contributed by atoms with Gasteiger partial charge in [-0.15, -0.1) is 5.10 Å². The van der Waals surface area contributed by atoms with Crippen LogP contribution in [0.25, 0.3) is 5.69 Å². The molecular weight excluding hydrogens is 322 g/mol. The van der Waals surface area contributed by atoms with E-state index < -0.39 is 12.1 Å². The molecule has 0 aliphatic carbocycles. The molecule has 0 saturated heterocycles. The van der Waals surface area contributed by atoms with Crippen LogP contribution in [0.1, 0.15) is 15.9 Å². The van der Waals surface area contributed by atoms with E-state index in [0.717, 1.165) is 5.56 Å². The number of nitrogens with zero attached hydrogens (tertiary/aromatic N) is 2. The van der Waals surface area contributed by atoms with Gasteiger partial charge in [0.05, 0.1) is 5.69 Å². The second kappa shape index (κ2) is 7.31. The fourth-order valence-corrected chi connectivity index (χ4v) is 2.19. The minimum Gasteiger partial charge on any atom is -0.477 e. The summed E-state index contributed by atoms with van der Waals surface area (Å²) in [7, 11) is 0. The van der Waals surface area contributed by atoms with E-state index in [1.165, 1.54) is 10.9 Å². The van der Waals surface area contributed by atoms with E-state index in [1.54, 1.807) is 24.3 Å². The molecule has 0 aliphatic heterocycles. The highest BCUT2D eigenvalue weighted by Crippen LogP contribution is 2.17. The Kier molecular flexibility index (Phi) is 4.75. The third-order valence-corrected chi connectivity index (χ3v) is 3.40. The zero-order valence-corrected chi connectivity index (χ0v) is 13.1. The van der Waals surface area contributed by atoms with Crippen molar-refractivity contribution in [2.45, 2.75) is 6.61 Å². The van der Waals surface area contributed by atoms with Crippen molar-refractivity contribution < 1.29 is 19.4 Å². The van der Waals surface area contributed by atoms with E-state index in [2.05, 4.69) is 10.4 Å². The largest absolute Gasteiger partial charge is 0.477 e. The SMILES string of the molecule is O=C(Nc1nn(-c2ccccc2)cc1C(=O)O)OCc1ccccc1. The molecule has 0 spiro atoms. The zero-order valence-electron chi connectivity index (χ0n) is 13.1. The van der Waals surface area contributed by atoms with Gasteiger partial charge in [-0.1, -0.05) is 48.5 Å². The Hall–Kier alpha value is -3.61. The van der Waals surface area contributed by atoms with Crippen LogP contribution in [0.5, 0.6) is 0 Å². The van der Waals surface area contributed by atoms with Crippen molar-refractivity contribution in [3.05, 3.63) is 78.0 Å². The molecule has 2 aromatic carbocycles. The monoisotopic (exact) mass is 337 g/mol. The number of anilines is 1. The number of ether oxygens (including phenoxy) is 1. The molecule has 1 heterocycles. The molecule has 126 valence electrons. The molecule has 0 radical (unpaired) electrons. The maximum atomic E-state index is 11.9. The third-order valence-electron chi connectivity index (χ3n) is 3.40. The zero-order chi connectivity index (χ0) is 17.6. The Morgan fingerprint density at radius 1 is 1.04 bits per heavy atom. The first-order chi connectivity index (χ1) is 12.1. The summed E-state index contributed by atoms with van der Waals surface area (Å²) in [4.78, 5) is 23.3. The van der Waals surface area contributed by atoms with Gasteiger partial charge in [0.2, 0.25) is 0 Å². The van der Waals surface area contributed by atoms with Gasteiger partial charge in [-0.2, -0.15) is 0 Å². The summed E-state index contributed by atoms with van der Waals surface area (Å²) < 4.78 is 6.47. The van der Waals surface area contributed by atoms with Gasteiger partial charge in [-0.25, -0.2) is 14.3 Å². The van der Waals surface area contributed by atoms with Gasteiger partial charge >= 0.3 is 12.1 Å². The number of hydrogen-bond acceptors (Lipinski definition) is 4. The highest BCUT2D eigenvalue weighted by molar-refractivity contribution is 5.97. The minimum atomic E-state index is -1.19. The molecule has 1 aromatic heterocycles. The average Bonchev–Trinajstić information content (AvgIpc) is 3.06. The number of carbonyl (C=O) groups is 2. The van der Waals surface area contributed by atoms with Gasteiger partial charge in [0.25, 0.3) is 0 Å². The number of hydrogen-bond donors (Lipinski definition) is 2. The van der Waals surface area contributed by atoms with Gasteiger partial charge in [0.1, 0.15) is 12.2 Å². The maximum absolute atomic E-state index is 11.9. The molecule has 0 atom stereocenters. The highest BCUT2D eigenvalue weighted by Gasteiger charge is 2.18. The van der Waals surface area contributed by atoms with E-state index in [4.69, 9.17) is 4.74 Å². The first kappa shape index (κ1) is 16.3. The first-order valence-corrected chi connectivity index (χ1v) is 7.49. The molecule has 7 nitrogen and oxygen atoms in total. The molecule has 0 saturated carbocycles. The summed E-state index contributed by atoms with van der Waals surface area (Å²) in [5.41, 5.74) is 1.38. The van der Waals surface area contributed by atoms with Crippen molar-refractivity contribution in [1.29, 1.82) is 0 Å². The summed E-state index contributed by atoms with van der Waals surface area (Å²) in [6, 6.07) is 18.2. The number of carbonyl (C=O) groups excluding carboxylic acids is 1. The molecule has 0 unspecified atom stereocenters. The van der Waals surface area contributed by atoms with Crippen molar-refractivity contribution in [1.82, 2.24) is 9.78 Å². The lowest BCUT2D eigenvalue weighted by Gasteiger charge is -2.05. The van der Waals surface area contributed by atoms with Crippen molar-refractivity contribution in [2.24, 2.45) is 0 Å². The van der Waals surface area contributed by atoms with Crippen molar-refractivity contribution in [2.75, 3.05) is 5.32 Å². The van der Waals surface area contributed by atoms with Crippen LogP contribution in [0.4, 0.5) is 10.6 Å². The highest BCUT2D eigenvalue weighted by atomic mass is 16.5. The lowest BCUT2D eigenvalue weighted by Crippen LogP contribution is -2.16. The van der Waals surface area contributed by atoms with E-state index in [9.17, 15) is 14.7 Å². The molecule has 25 heavy (non-hydrogen) atoms. The van der Waals surface area contributed by atoms with Gasteiger partial charge in [-0.3, -0.25) is 5.32 Å². The van der Waals surface area contributed by atoms with E-state index in [0.29, 0.717) is 5.69 Å². The normalized spacial score (nSPS) is 10.2. The van der Waals surface area contributed by atoms with Gasteiger partial charge in [0.15, 0.2) is 5.82 Å². The Morgan fingerprint density at radius 2 is 1.68 bits per heavy atom. The second-order valence-electron chi connectivity index (χ2n) is 5.16. The molecular formula is C18H15N3O4. The summed E-state index contributed by atoms with van der Waals surface area (Å²) >= 11 is 0. The number of aromatic nitrogens is 2. The van der Waals surface area contributed by atoms with Crippen molar-refractivity contribution >= 4 is 17.9 Å². The molecule has 3 aromatic rings.